The van der Waals surface area contributed by atoms with Crippen LogP contribution in [0.4, 0.5) is 0 Å². The molecule has 0 atom stereocenters. The highest BCUT2D eigenvalue weighted by Gasteiger charge is 2.20. The molecule has 158 valence electrons. The van der Waals surface area contributed by atoms with E-state index in [-0.39, 0.29) is 11.8 Å². The molecule has 0 aliphatic heterocycles. The zero-order valence-electron chi connectivity index (χ0n) is 16.6. The fourth-order valence-corrected chi connectivity index (χ4v) is 4.46. The number of hydrogen-bond acceptors (Lipinski definition) is 6. The van der Waals surface area contributed by atoms with Gasteiger partial charge < -0.3 is 10.6 Å². The Labute approximate surface area is 188 Å². The van der Waals surface area contributed by atoms with E-state index in [0.29, 0.717) is 42.2 Å². The first kappa shape index (κ1) is 22.3. The number of thiophene rings is 1. The summed E-state index contributed by atoms with van der Waals surface area (Å²) in [6, 6.07) is 10.9. The third-order valence-electron chi connectivity index (χ3n) is 4.26. The van der Waals surface area contributed by atoms with Gasteiger partial charge in [-0.3, -0.25) is 9.59 Å². The molecule has 0 spiro atoms. The minimum atomic E-state index is -0.258. The van der Waals surface area contributed by atoms with Crippen LogP contribution in [-0.2, 0) is 12.2 Å². The summed E-state index contributed by atoms with van der Waals surface area (Å²) in [5.41, 5.74) is 2.33. The van der Waals surface area contributed by atoms with Crippen LogP contribution in [0.15, 0.2) is 36.4 Å². The topological polar surface area (TPSA) is 88.9 Å². The zero-order chi connectivity index (χ0) is 21.5. The second kappa shape index (κ2) is 10.6. The van der Waals surface area contributed by atoms with Crippen LogP contribution >= 0.6 is 34.7 Å². The van der Waals surface area contributed by atoms with Gasteiger partial charge in [0.25, 0.3) is 11.8 Å². The fourth-order valence-electron chi connectivity index (χ4n) is 2.84. The molecule has 7 nitrogen and oxygen atoms in total. The maximum absolute atomic E-state index is 12.7. The van der Waals surface area contributed by atoms with Gasteiger partial charge in [0.2, 0.25) is 0 Å². The number of nitrogens with zero attached hydrogens (tertiary/aromatic N) is 3. The zero-order valence-corrected chi connectivity index (χ0v) is 19.0. The molecule has 1 aromatic carbocycles. The van der Waals surface area contributed by atoms with Gasteiger partial charge in [0, 0.05) is 29.3 Å². The largest absolute Gasteiger partial charge is 0.352 e. The van der Waals surface area contributed by atoms with Crippen LogP contribution < -0.4 is 10.6 Å². The van der Waals surface area contributed by atoms with Gasteiger partial charge in [0.15, 0.2) is 5.69 Å². The maximum Gasteiger partial charge on any atom is 0.273 e. The molecule has 3 rings (SSSR count). The van der Waals surface area contributed by atoms with Crippen LogP contribution in [0.2, 0.25) is 4.34 Å². The molecule has 0 radical (unpaired) electrons. The van der Waals surface area contributed by atoms with Gasteiger partial charge in [-0.05, 0) is 56.0 Å². The Morgan fingerprint density at radius 3 is 2.53 bits per heavy atom. The molecule has 0 saturated carbocycles. The first-order valence-corrected chi connectivity index (χ1v) is 12.0. The van der Waals surface area contributed by atoms with Crippen molar-refractivity contribution in [3.8, 4) is 5.69 Å². The first-order valence-electron chi connectivity index (χ1n) is 9.38. The van der Waals surface area contributed by atoms with Crippen molar-refractivity contribution in [1.29, 1.82) is 0 Å². The summed E-state index contributed by atoms with van der Waals surface area (Å²) in [5, 5.41) is 14.0. The first-order chi connectivity index (χ1) is 14.5. The highest BCUT2D eigenvalue weighted by Crippen LogP contribution is 2.22. The Morgan fingerprint density at radius 1 is 1.13 bits per heavy atom. The molecule has 0 unspecified atom stereocenters. The number of amides is 2. The van der Waals surface area contributed by atoms with Gasteiger partial charge in [-0.2, -0.15) is 11.8 Å². The minimum absolute atomic E-state index is 0.126. The third kappa shape index (κ3) is 5.41. The summed E-state index contributed by atoms with van der Waals surface area (Å²) >= 11 is 9.03. The summed E-state index contributed by atoms with van der Waals surface area (Å²) in [7, 11) is 0. The van der Waals surface area contributed by atoms with Crippen LogP contribution in [0.3, 0.4) is 0 Å². The molecular weight excluding hydrogens is 442 g/mol. The molecule has 10 heteroatoms. The van der Waals surface area contributed by atoms with E-state index in [0.717, 1.165) is 14.9 Å². The van der Waals surface area contributed by atoms with Crippen molar-refractivity contribution in [3.05, 3.63) is 62.6 Å². The summed E-state index contributed by atoms with van der Waals surface area (Å²) in [5.74, 6) is 0.194. The molecule has 2 aromatic heterocycles. The second-order valence-electron chi connectivity index (χ2n) is 6.35. The van der Waals surface area contributed by atoms with Crippen molar-refractivity contribution < 1.29 is 9.59 Å². The molecule has 0 bridgehead atoms. The van der Waals surface area contributed by atoms with Crippen LogP contribution in [0.25, 0.3) is 5.69 Å². The predicted molar refractivity (Wildman–Crippen MR) is 122 cm³/mol. The molecule has 0 saturated heterocycles. The average molecular weight is 464 g/mol. The molecule has 2 amide bonds. The van der Waals surface area contributed by atoms with Crippen LogP contribution in [-0.4, -0.2) is 46.2 Å². The lowest BCUT2D eigenvalue weighted by atomic mass is 10.2. The van der Waals surface area contributed by atoms with Gasteiger partial charge in [-0.25, -0.2) is 4.68 Å². The van der Waals surface area contributed by atoms with Crippen molar-refractivity contribution in [3.63, 3.8) is 0 Å². The molecule has 0 aliphatic carbocycles. The lowest BCUT2D eigenvalue weighted by Gasteiger charge is -2.08. The van der Waals surface area contributed by atoms with E-state index >= 15 is 0 Å². The summed E-state index contributed by atoms with van der Waals surface area (Å²) in [4.78, 5) is 25.7. The molecule has 2 N–H and O–H groups in total. The van der Waals surface area contributed by atoms with Crippen molar-refractivity contribution in [1.82, 2.24) is 25.6 Å². The minimum Gasteiger partial charge on any atom is -0.352 e. The number of thioether (sulfide) groups is 1. The Morgan fingerprint density at radius 2 is 1.90 bits per heavy atom. The lowest BCUT2D eigenvalue weighted by Crippen LogP contribution is -2.27. The Hall–Kier alpha value is -2.36. The van der Waals surface area contributed by atoms with E-state index in [1.807, 2.05) is 25.3 Å². The summed E-state index contributed by atoms with van der Waals surface area (Å²) in [6.07, 6.45) is 2.66. The number of carbonyl (C=O) groups excluding carboxylic acids is 2. The van der Waals surface area contributed by atoms with E-state index in [1.54, 1.807) is 40.7 Å². The molecule has 3 aromatic rings. The number of aromatic nitrogens is 3. The van der Waals surface area contributed by atoms with Gasteiger partial charge >= 0.3 is 0 Å². The van der Waals surface area contributed by atoms with Crippen molar-refractivity contribution >= 4 is 46.5 Å². The lowest BCUT2D eigenvalue weighted by molar-refractivity contribution is 0.0943. The smallest absolute Gasteiger partial charge is 0.273 e. The van der Waals surface area contributed by atoms with Crippen molar-refractivity contribution in [2.24, 2.45) is 0 Å². The Bertz CT molecular complexity index is 1020. The normalized spacial score (nSPS) is 10.8. The molecule has 30 heavy (non-hydrogen) atoms. The molecule has 0 aliphatic rings. The van der Waals surface area contributed by atoms with Gasteiger partial charge in [-0.1, -0.05) is 16.8 Å². The number of benzene rings is 1. The third-order valence-corrected chi connectivity index (χ3v) is 6.11. The van der Waals surface area contributed by atoms with Crippen LogP contribution in [0.5, 0.6) is 0 Å². The summed E-state index contributed by atoms with van der Waals surface area (Å²) in [6.45, 7) is 2.93. The van der Waals surface area contributed by atoms with Gasteiger partial charge in [0.1, 0.15) is 0 Å². The van der Waals surface area contributed by atoms with E-state index in [9.17, 15) is 9.59 Å². The fraction of sp³-hybridized carbons (Fsp3) is 0.300. The number of hydrogen-bond donors (Lipinski definition) is 2. The quantitative estimate of drug-likeness (QED) is 0.506. The number of carbonyl (C=O) groups is 2. The second-order valence-corrected chi connectivity index (χ2v) is 9.01. The predicted octanol–water partition coefficient (Wildman–Crippen LogP) is 3.57. The maximum atomic E-state index is 12.7. The molecular formula is C20H22ClN5O2S2. The van der Waals surface area contributed by atoms with E-state index in [2.05, 4.69) is 20.9 Å². The SMILES string of the molecule is CCNC(=O)c1ccc(-n2nnc(C(=O)NCCc3ccc(Cl)s3)c2CSC)cc1. The van der Waals surface area contributed by atoms with Gasteiger partial charge in [0.05, 0.1) is 15.7 Å². The highest BCUT2D eigenvalue weighted by atomic mass is 35.5. The number of halogens is 1. The van der Waals surface area contributed by atoms with Crippen LogP contribution in [0, 0.1) is 0 Å². The van der Waals surface area contributed by atoms with Crippen LogP contribution in [0.1, 0.15) is 38.3 Å². The van der Waals surface area contributed by atoms with E-state index < -0.39 is 0 Å². The molecule has 0 fully saturated rings. The van der Waals surface area contributed by atoms with Gasteiger partial charge in [-0.15, -0.1) is 16.4 Å². The number of nitrogens with one attached hydrogen (secondary N) is 2. The Balaban J connectivity index is 1.73. The standard InChI is InChI=1S/C20H22ClN5O2S2/c1-3-22-19(27)13-4-6-14(7-5-13)26-16(12-29-2)18(24-25-26)20(28)23-11-10-15-8-9-17(21)30-15/h4-9H,3,10-12H2,1-2H3,(H,22,27)(H,23,28). The summed E-state index contributed by atoms with van der Waals surface area (Å²) < 4.78 is 2.38. The highest BCUT2D eigenvalue weighted by molar-refractivity contribution is 7.97. The average Bonchev–Trinajstić information content (AvgIpc) is 3.35. The number of rotatable bonds is 9. The van der Waals surface area contributed by atoms with E-state index in [4.69, 9.17) is 11.6 Å². The Kier molecular flexibility index (Phi) is 7.89. The monoisotopic (exact) mass is 463 g/mol. The van der Waals surface area contributed by atoms with Crippen molar-refractivity contribution in [2.75, 3.05) is 19.3 Å². The van der Waals surface area contributed by atoms with Crippen molar-refractivity contribution in [2.45, 2.75) is 19.1 Å². The molecule has 2 heterocycles. The van der Waals surface area contributed by atoms with E-state index in [1.165, 1.54) is 11.3 Å².